The van der Waals surface area contributed by atoms with Gasteiger partial charge in [-0.3, -0.25) is 4.79 Å². The largest absolute Gasteiger partial charge is 0.378 e. The van der Waals surface area contributed by atoms with Crippen LogP contribution < -0.4 is 10.2 Å². The van der Waals surface area contributed by atoms with E-state index in [4.69, 9.17) is 4.74 Å². The molecule has 2 aromatic carbocycles. The van der Waals surface area contributed by atoms with Gasteiger partial charge in [-0.1, -0.05) is 24.3 Å². The third kappa shape index (κ3) is 4.47. The van der Waals surface area contributed by atoms with Crippen molar-refractivity contribution in [1.29, 1.82) is 0 Å². The topological polar surface area (TPSA) is 59.4 Å². The number of morpholine rings is 1. The average Bonchev–Trinajstić information content (AvgIpc) is 3.20. The predicted molar refractivity (Wildman–Crippen MR) is 133 cm³/mol. The van der Waals surface area contributed by atoms with Gasteiger partial charge in [-0.15, -0.1) is 0 Å². The standard InChI is InChI=1S/C27H28N4O2/c1-2-31-24-6-4-3-5-22(24)23-17-20(7-9-25(23)31)8-10-27(32)29-19-21-11-12-28-26(18-21)30-13-15-33-16-14-30/h3-12,17-18H,2,13-16,19H2,1H3,(H,29,32)/b10-8+. The van der Waals surface area contributed by atoms with Crippen LogP contribution in [0.2, 0.25) is 0 Å². The van der Waals surface area contributed by atoms with E-state index in [2.05, 4.69) is 69.2 Å². The van der Waals surface area contributed by atoms with Crippen molar-refractivity contribution in [3.63, 3.8) is 0 Å². The summed E-state index contributed by atoms with van der Waals surface area (Å²) >= 11 is 0. The molecule has 1 fully saturated rings. The van der Waals surface area contributed by atoms with Crippen LogP contribution in [0.25, 0.3) is 27.9 Å². The summed E-state index contributed by atoms with van der Waals surface area (Å²) in [7, 11) is 0. The number of hydrogen-bond donors (Lipinski definition) is 1. The number of rotatable bonds is 6. The fourth-order valence-electron chi connectivity index (χ4n) is 4.47. The molecule has 0 spiro atoms. The molecule has 1 aliphatic rings. The number of amides is 1. The van der Waals surface area contributed by atoms with E-state index in [1.54, 1.807) is 12.3 Å². The van der Waals surface area contributed by atoms with E-state index in [0.29, 0.717) is 6.54 Å². The van der Waals surface area contributed by atoms with E-state index in [-0.39, 0.29) is 5.91 Å². The molecule has 3 heterocycles. The lowest BCUT2D eigenvalue weighted by molar-refractivity contribution is -0.116. The summed E-state index contributed by atoms with van der Waals surface area (Å²) in [5.74, 6) is 0.816. The molecule has 0 aliphatic carbocycles. The second-order valence-corrected chi connectivity index (χ2v) is 8.21. The molecule has 4 aromatic rings. The van der Waals surface area contributed by atoms with Gasteiger partial charge >= 0.3 is 0 Å². The molecule has 0 saturated carbocycles. The lowest BCUT2D eigenvalue weighted by Crippen LogP contribution is -2.36. The van der Waals surface area contributed by atoms with Crippen molar-refractivity contribution < 1.29 is 9.53 Å². The maximum atomic E-state index is 12.5. The summed E-state index contributed by atoms with van der Waals surface area (Å²) < 4.78 is 7.73. The molecule has 0 radical (unpaired) electrons. The Balaban J connectivity index is 1.27. The van der Waals surface area contributed by atoms with Gasteiger partial charge in [0.2, 0.25) is 5.91 Å². The Morgan fingerprint density at radius 2 is 1.88 bits per heavy atom. The Morgan fingerprint density at radius 1 is 1.06 bits per heavy atom. The second-order valence-electron chi connectivity index (χ2n) is 8.21. The van der Waals surface area contributed by atoms with Crippen molar-refractivity contribution in [2.24, 2.45) is 0 Å². The van der Waals surface area contributed by atoms with Crippen LogP contribution in [0.4, 0.5) is 5.82 Å². The van der Waals surface area contributed by atoms with Crippen molar-refractivity contribution >= 4 is 39.6 Å². The highest BCUT2D eigenvalue weighted by Crippen LogP contribution is 2.30. The van der Waals surface area contributed by atoms with Gasteiger partial charge in [0.25, 0.3) is 0 Å². The van der Waals surface area contributed by atoms with Gasteiger partial charge in [0.1, 0.15) is 5.82 Å². The van der Waals surface area contributed by atoms with E-state index in [1.165, 1.54) is 21.8 Å². The van der Waals surface area contributed by atoms with Crippen LogP contribution in [0.3, 0.4) is 0 Å². The molecule has 1 saturated heterocycles. The zero-order valence-electron chi connectivity index (χ0n) is 18.8. The highest BCUT2D eigenvalue weighted by Gasteiger charge is 2.13. The number of carbonyl (C=O) groups excluding carboxylic acids is 1. The van der Waals surface area contributed by atoms with Crippen molar-refractivity contribution in [3.8, 4) is 0 Å². The minimum Gasteiger partial charge on any atom is -0.378 e. The SMILES string of the molecule is CCn1c2ccccc2c2cc(/C=C/C(=O)NCc3ccnc(N4CCOCC4)c3)ccc21. The van der Waals surface area contributed by atoms with Gasteiger partial charge in [0, 0.05) is 60.3 Å². The summed E-state index contributed by atoms with van der Waals surface area (Å²) in [6.07, 6.45) is 5.27. The Bertz CT molecular complexity index is 1320. The molecule has 0 atom stereocenters. The van der Waals surface area contributed by atoms with Gasteiger partial charge in [0.05, 0.1) is 13.2 Å². The van der Waals surface area contributed by atoms with Gasteiger partial charge < -0.3 is 19.5 Å². The summed E-state index contributed by atoms with van der Waals surface area (Å²) in [6.45, 7) is 6.67. The summed E-state index contributed by atoms with van der Waals surface area (Å²) in [5.41, 5.74) is 4.49. The summed E-state index contributed by atoms with van der Waals surface area (Å²) in [5, 5.41) is 5.43. The number of para-hydroxylation sites is 1. The van der Waals surface area contributed by atoms with Crippen LogP contribution in [0.1, 0.15) is 18.1 Å². The molecule has 6 nitrogen and oxygen atoms in total. The fourth-order valence-corrected chi connectivity index (χ4v) is 4.47. The molecule has 5 rings (SSSR count). The zero-order valence-corrected chi connectivity index (χ0v) is 18.8. The van der Waals surface area contributed by atoms with E-state index in [0.717, 1.165) is 49.8 Å². The second kappa shape index (κ2) is 9.46. The van der Waals surface area contributed by atoms with Crippen LogP contribution in [-0.2, 0) is 22.6 Å². The van der Waals surface area contributed by atoms with Gasteiger partial charge in [-0.05, 0) is 54.5 Å². The minimum absolute atomic E-state index is 0.115. The molecule has 168 valence electrons. The summed E-state index contributed by atoms with van der Waals surface area (Å²) in [4.78, 5) is 19.1. The fraction of sp³-hybridized carbons (Fsp3) is 0.259. The van der Waals surface area contributed by atoms with Crippen molar-refractivity contribution in [3.05, 3.63) is 78.0 Å². The minimum atomic E-state index is -0.115. The summed E-state index contributed by atoms with van der Waals surface area (Å²) in [6, 6.07) is 18.8. The number of hydrogen-bond acceptors (Lipinski definition) is 4. The molecule has 1 N–H and O–H groups in total. The first-order valence-corrected chi connectivity index (χ1v) is 11.5. The average molecular weight is 441 g/mol. The zero-order chi connectivity index (χ0) is 22.6. The van der Waals surface area contributed by atoms with E-state index in [9.17, 15) is 4.79 Å². The number of carbonyl (C=O) groups is 1. The van der Waals surface area contributed by atoms with Crippen LogP contribution in [0.15, 0.2) is 66.9 Å². The molecule has 0 unspecified atom stereocenters. The van der Waals surface area contributed by atoms with Crippen LogP contribution in [-0.4, -0.2) is 41.8 Å². The third-order valence-corrected chi connectivity index (χ3v) is 6.15. The molecule has 1 amide bonds. The predicted octanol–water partition coefficient (Wildman–Crippen LogP) is 4.38. The molecular weight excluding hydrogens is 412 g/mol. The number of nitrogens with one attached hydrogen (secondary N) is 1. The number of nitrogens with zero attached hydrogens (tertiary/aromatic N) is 3. The smallest absolute Gasteiger partial charge is 0.244 e. The molecule has 2 aromatic heterocycles. The number of ether oxygens (including phenoxy) is 1. The lowest BCUT2D eigenvalue weighted by atomic mass is 10.1. The highest BCUT2D eigenvalue weighted by atomic mass is 16.5. The van der Waals surface area contributed by atoms with Crippen LogP contribution >= 0.6 is 0 Å². The molecular formula is C27H28N4O2. The van der Waals surface area contributed by atoms with Crippen molar-refractivity contribution in [1.82, 2.24) is 14.9 Å². The quantitative estimate of drug-likeness (QED) is 0.452. The Morgan fingerprint density at radius 3 is 2.73 bits per heavy atom. The monoisotopic (exact) mass is 440 g/mol. The number of fused-ring (bicyclic) bond motifs is 3. The Kier molecular flexibility index (Phi) is 6.09. The molecule has 0 bridgehead atoms. The molecule has 6 heteroatoms. The number of anilines is 1. The van der Waals surface area contributed by atoms with Gasteiger partial charge in [-0.2, -0.15) is 0 Å². The first-order chi connectivity index (χ1) is 16.2. The normalized spacial score (nSPS) is 14.4. The van der Waals surface area contributed by atoms with Crippen LogP contribution in [0.5, 0.6) is 0 Å². The van der Waals surface area contributed by atoms with E-state index < -0.39 is 0 Å². The van der Waals surface area contributed by atoms with Crippen LogP contribution in [0, 0.1) is 0 Å². The Hall–Kier alpha value is -3.64. The highest BCUT2D eigenvalue weighted by molar-refractivity contribution is 6.08. The maximum Gasteiger partial charge on any atom is 0.244 e. The third-order valence-electron chi connectivity index (χ3n) is 6.15. The van der Waals surface area contributed by atoms with Gasteiger partial charge in [-0.25, -0.2) is 4.98 Å². The molecule has 33 heavy (non-hydrogen) atoms. The van der Waals surface area contributed by atoms with E-state index >= 15 is 0 Å². The Labute approximate surface area is 193 Å². The first-order valence-electron chi connectivity index (χ1n) is 11.5. The van der Waals surface area contributed by atoms with Crippen molar-refractivity contribution in [2.75, 3.05) is 31.2 Å². The molecule has 1 aliphatic heterocycles. The van der Waals surface area contributed by atoms with Gasteiger partial charge in [0.15, 0.2) is 0 Å². The number of aryl methyl sites for hydroxylation is 1. The van der Waals surface area contributed by atoms with E-state index in [1.807, 2.05) is 18.2 Å². The maximum absolute atomic E-state index is 12.5. The number of pyridine rings is 1. The first kappa shape index (κ1) is 21.2. The number of benzene rings is 2. The number of aromatic nitrogens is 2. The lowest BCUT2D eigenvalue weighted by Gasteiger charge is -2.28. The van der Waals surface area contributed by atoms with Crippen molar-refractivity contribution in [2.45, 2.75) is 20.0 Å².